The molecule has 1 fully saturated rings. The lowest BCUT2D eigenvalue weighted by Gasteiger charge is -2.23. The molecule has 6 nitrogen and oxygen atoms in total. The summed E-state index contributed by atoms with van der Waals surface area (Å²) in [5, 5.41) is 0.438. The van der Waals surface area contributed by atoms with Gasteiger partial charge >= 0.3 is 0 Å². The monoisotopic (exact) mass is 380 g/mol. The van der Waals surface area contributed by atoms with Gasteiger partial charge in [0.05, 0.1) is 11.3 Å². The standard InChI is InChI=1S/C17H21ClN4O2S/c1-21(25(2,23)24)15-7-8-22(11-15)14-5-3-12(4-6-14)13-9-16(18)17(19)20-10-13/h3-6,9-10,15H,7-8,11H2,1-2H3,(H2,19,20)/t15-/m0/s1. The van der Waals surface area contributed by atoms with E-state index in [-0.39, 0.29) is 6.04 Å². The van der Waals surface area contributed by atoms with E-state index in [1.54, 1.807) is 19.3 Å². The number of rotatable bonds is 4. The van der Waals surface area contributed by atoms with Crippen LogP contribution < -0.4 is 10.6 Å². The van der Waals surface area contributed by atoms with Gasteiger partial charge in [0.15, 0.2) is 0 Å². The van der Waals surface area contributed by atoms with Crippen molar-refractivity contribution in [1.82, 2.24) is 9.29 Å². The van der Waals surface area contributed by atoms with Crippen LogP contribution in [0.2, 0.25) is 5.02 Å². The first-order valence-corrected chi connectivity index (χ1v) is 10.2. The van der Waals surface area contributed by atoms with Crippen LogP contribution in [0.3, 0.4) is 0 Å². The van der Waals surface area contributed by atoms with Crippen molar-refractivity contribution in [3.05, 3.63) is 41.6 Å². The van der Waals surface area contributed by atoms with Crippen LogP contribution in [0.5, 0.6) is 0 Å². The second-order valence-corrected chi connectivity index (χ2v) is 8.75. The summed E-state index contributed by atoms with van der Waals surface area (Å²) < 4.78 is 24.9. The average molecular weight is 381 g/mol. The number of likely N-dealkylation sites (N-methyl/N-ethyl adjacent to an activating group) is 1. The number of sulfonamides is 1. The van der Waals surface area contributed by atoms with Crippen molar-refractivity contribution in [2.75, 3.05) is 37.0 Å². The topological polar surface area (TPSA) is 79.5 Å². The molecule has 0 saturated carbocycles. The zero-order valence-electron chi connectivity index (χ0n) is 14.2. The Morgan fingerprint density at radius 1 is 1.28 bits per heavy atom. The van der Waals surface area contributed by atoms with Gasteiger partial charge in [-0.2, -0.15) is 0 Å². The van der Waals surface area contributed by atoms with E-state index in [1.165, 1.54) is 10.6 Å². The van der Waals surface area contributed by atoms with E-state index in [2.05, 4.69) is 9.88 Å². The minimum Gasteiger partial charge on any atom is -0.382 e. The summed E-state index contributed by atoms with van der Waals surface area (Å²) >= 11 is 6.03. The van der Waals surface area contributed by atoms with Gasteiger partial charge in [0.25, 0.3) is 0 Å². The van der Waals surface area contributed by atoms with Gasteiger partial charge in [-0.05, 0) is 30.2 Å². The molecule has 8 heteroatoms. The smallest absolute Gasteiger partial charge is 0.211 e. The van der Waals surface area contributed by atoms with Crippen molar-refractivity contribution in [1.29, 1.82) is 0 Å². The molecule has 1 saturated heterocycles. The Labute approximate surface area is 153 Å². The predicted octanol–water partition coefficient (Wildman–Crippen LogP) is 2.45. The maximum absolute atomic E-state index is 11.7. The highest BCUT2D eigenvalue weighted by molar-refractivity contribution is 7.88. The average Bonchev–Trinajstić information content (AvgIpc) is 3.06. The fourth-order valence-electron chi connectivity index (χ4n) is 3.01. The lowest BCUT2D eigenvalue weighted by molar-refractivity contribution is 0.393. The van der Waals surface area contributed by atoms with Crippen LogP contribution >= 0.6 is 11.6 Å². The largest absolute Gasteiger partial charge is 0.382 e. The molecule has 0 amide bonds. The third-order valence-electron chi connectivity index (χ3n) is 4.64. The van der Waals surface area contributed by atoms with E-state index in [0.717, 1.165) is 29.8 Å². The van der Waals surface area contributed by atoms with Crippen molar-refractivity contribution in [3.63, 3.8) is 0 Å². The van der Waals surface area contributed by atoms with Gasteiger partial charge in [-0.15, -0.1) is 0 Å². The molecule has 1 aromatic heterocycles. The normalized spacial score (nSPS) is 18.1. The predicted molar refractivity (Wildman–Crippen MR) is 102 cm³/mol. The highest BCUT2D eigenvalue weighted by atomic mass is 35.5. The number of nitrogens with two attached hydrogens (primary N) is 1. The van der Waals surface area contributed by atoms with Crippen LogP contribution in [0.1, 0.15) is 6.42 Å². The second-order valence-electron chi connectivity index (χ2n) is 6.31. The van der Waals surface area contributed by atoms with E-state index in [4.69, 9.17) is 17.3 Å². The van der Waals surface area contributed by atoms with Crippen LogP contribution in [0.4, 0.5) is 11.5 Å². The van der Waals surface area contributed by atoms with E-state index in [0.29, 0.717) is 17.4 Å². The van der Waals surface area contributed by atoms with E-state index in [1.807, 2.05) is 24.3 Å². The van der Waals surface area contributed by atoms with Crippen molar-refractivity contribution in [2.24, 2.45) is 0 Å². The van der Waals surface area contributed by atoms with Crippen LogP contribution in [-0.2, 0) is 10.0 Å². The van der Waals surface area contributed by atoms with Gasteiger partial charge in [0.1, 0.15) is 5.82 Å². The summed E-state index contributed by atoms with van der Waals surface area (Å²) in [5.74, 6) is 0.320. The second kappa shape index (κ2) is 6.82. The Morgan fingerprint density at radius 2 is 1.96 bits per heavy atom. The molecule has 0 unspecified atom stereocenters. The number of benzene rings is 1. The number of pyridine rings is 1. The molecule has 1 atom stereocenters. The van der Waals surface area contributed by atoms with Gasteiger partial charge < -0.3 is 10.6 Å². The van der Waals surface area contributed by atoms with Gasteiger partial charge in [-0.1, -0.05) is 23.7 Å². The summed E-state index contributed by atoms with van der Waals surface area (Å²) in [6, 6.07) is 9.88. The number of hydrogen-bond acceptors (Lipinski definition) is 5. The van der Waals surface area contributed by atoms with E-state index in [9.17, 15) is 8.42 Å². The van der Waals surface area contributed by atoms with Crippen molar-refractivity contribution >= 4 is 33.1 Å². The molecule has 1 aliphatic heterocycles. The Bertz CT molecular complexity index is 871. The van der Waals surface area contributed by atoms with E-state index < -0.39 is 10.0 Å². The minimum atomic E-state index is -3.17. The molecular weight excluding hydrogens is 360 g/mol. The van der Waals surface area contributed by atoms with Crippen molar-refractivity contribution < 1.29 is 8.42 Å². The molecule has 0 spiro atoms. The molecule has 2 heterocycles. The first kappa shape index (κ1) is 18.0. The molecule has 134 valence electrons. The first-order valence-electron chi connectivity index (χ1n) is 7.95. The molecule has 0 radical (unpaired) electrons. The lowest BCUT2D eigenvalue weighted by Crippen LogP contribution is -2.38. The lowest BCUT2D eigenvalue weighted by atomic mass is 10.1. The third kappa shape index (κ3) is 3.89. The van der Waals surface area contributed by atoms with Gasteiger partial charge in [0.2, 0.25) is 10.0 Å². The molecule has 2 aromatic rings. The number of nitrogens with zero attached hydrogens (tertiary/aromatic N) is 3. The maximum Gasteiger partial charge on any atom is 0.211 e. The number of halogens is 1. The molecular formula is C17H21ClN4O2S. The highest BCUT2D eigenvalue weighted by Gasteiger charge is 2.30. The Morgan fingerprint density at radius 3 is 2.56 bits per heavy atom. The molecule has 0 aliphatic carbocycles. The maximum atomic E-state index is 11.7. The highest BCUT2D eigenvalue weighted by Crippen LogP contribution is 2.29. The van der Waals surface area contributed by atoms with Crippen molar-refractivity contribution in [2.45, 2.75) is 12.5 Å². The van der Waals surface area contributed by atoms with Gasteiger partial charge in [0, 0.05) is 43.6 Å². The summed E-state index contributed by atoms with van der Waals surface area (Å²) in [4.78, 5) is 6.28. The number of nitrogen functional groups attached to an aromatic ring is 1. The summed E-state index contributed by atoms with van der Waals surface area (Å²) in [7, 11) is -1.52. The fraction of sp³-hybridized carbons (Fsp3) is 0.353. The minimum absolute atomic E-state index is 0.00906. The summed E-state index contributed by atoms with van der Waals surface area (Å²) in [5.41, 5.74) is 8.62. The number of hydrogen-bond donors (Lipinski definition) is 1. The Hall–Kier alpha value is -1.83. The van der Waals surface area contributed by atoms with Crippen LogP contribution in [-0.4, -0.2) is 50.1 Å². The molecule has 25 heavy (non-hydrogen) atoms. The van der Waals surface area contributed by atoms with Crippen LogP contribution in [0.15, 0.2) is 36.5 Å². The van der Waals surface area contributed by atoms with Gasteiger partial charge in [-0.25, -0.2) is 17.7 Å². The first-order chi connectivity index (χ1) is 11.8. The molecule has 1 aromatic carbocycles. The molecule has 0 bridgehead atoms. The zero-order chi connectivity index (χ0) is 18.2. The number of aromatic nitrogens is 1. The Kier molecular flexibility index (Phi) is 4.90. The quantitative estimate of drug-likeness (QED) is 0.881. The SMILES string of the molecule is CN([C@H]1CCN(c2ccc(-c3cnc(N)c(Cl)c3)cc2)C1)S(C)(=O)=O. The van der Waals surface area contributed by atoms with Crippen LogP contribution in [0.25, 0.3) is 11.1 Å². The fourth-order valence-corrected chi connectivity index (χ4v) is 3.89. The van der Waals surface area contributed by atoms with Crippen LogP contribution in [0, 0.1) is 0 Å². The Balaban J connectivity index is 1.74. The number of anilines is 2. The van der Waals surface area contributed by atoms with Crippen molar-refractivity contribution in [3.8, 4) is 11.1 Å². The molecule has 1 aliphatic rings. The third-order valence-corrected chi connectivity index (χ3v) is 6.28. The molecule has 3 rings (SSSR count). The summed E-state index contributed by atoms with van der Waals surface area (Å²) in [6.07, 6.45) is 3.77. The summed E-state index contributed by atoms with van der Waals surface area (Å²) in [6.45, 7) is 1.53. The van der Waals surface area contributed by atoms with E-state index >= 15 is 0 Å². The zero-order valence-corrected chi connectivity index (χ0v) is 15.8. The molecule has 2 N–H and O–H groups in total. The van der Waals surface area contributed by atoms with Gasteiger partial charge in [-0.3, -0.25) is 0 Å².